The minimum atomic E-state index is -0.649. The molecule has 1 aromatic carbocycles. The molecule has 0 spiro atoms. The Hall–Kier alpha value is -2.14. The molecule has 21 heavy (non-hydrogen) atoms. The van der Waals surface area contributed by atoms with Gasteiger partial charge in [-0.25, -0.2) is 9.67 Å². The van der Waals surface area contributed by atoms with Gasteiger partial charge in [0.25, 0.3) is 0 Å². The molecule has 0 radical (unpaired) electrons. The average molecular weight is 285 g/mol. The molecular formula is C16H19N3O2. The predicted octanol–water partition coefficient (Wildman–Crippen LogP) is 2.96. The van der Waals surface area contributed by atoms with E-state index in [1.165, 1.54) is 6.33 Å². The number of furan rings is 1. The second kappa shape index (κ2) is 5.69. The Morgan fingerprint density at radius 3 is 2.90 bits per heavy atom. The Kier molecular flexibility index (Phi) is 3.75. The molecule has 0 aliphatic carbocycles. The highest BCUT2D eigenvalue weighted by molar-refractivity contribution is 5.81. The van der Waals surface area contributed by atoms with Crippen LogP contribution in [0.2, 0.25) is 0 Å². The normalized spacial score (nSPS) is 13.1. The molecule has 0 fully saturated rings. The summed E-state index contributed by atoms with van der Waals surface area (Å²) in [5.74, 6) is 1.28. The lowest BCUT2D eigenvalue weighted by Gasteiger charge is -2.11. The molecule has 1 N–H and O–H groups in total. The van der Waals surface area contributed by atoms with Gasteiger partial charge < -0.3 is 9.52 Å². The van der Waals surface area contributed by atoms with Crippen LogP contribution in [0.5, 0.6) is 0 Å². The number of para-hydroxylation sites is 1. The Morgan fingerprint density at radius 1 is 1.29 bits per heavy atom. The SMILES string of the molecule is CC(C)Cn1ncnc1CC(O)c1coc2ccccc12. The molecule has 110 valence electrons. The van der Waals surface area contributed by atoms with Crippen LogP contribution in [0, 0.1) is 5.92 Å². The molecule has 2 heterocycles. The summed E-state index contributed by atoms with van der Waals surface area (Å²) in [6.45, 7) is 5.06. The van der Waals surface area contributed by atoms with Gasteiger partial charge in [-0.15, -0.1) is 0 Å². The topological polar surface area (TPSA) is 64.1 Å². The Bertz CT molecular complexity index is 730. The van der Waals surface area contributed by atoms with Gasteiger partial charge in [-0.3, -0.25) is 0 Å². The molecule has 0 aliphatic rings. The summed E-state index contributed by atoms with van der Waals surface area (Å²) in [6.07, 6.45) is 2.94. The van der Waals surface area contributed by atoms with Crippen LogP contribution < -0.4 is 0 Å². The standard InChI is InChI=1S/C16H19N3O2/c1-11(2)8-19-16(17-10-18-19)7-14(20)13-9-21-15-6-4-3-5-12(13)15/h3-6,9-11,14,20H,7-8H2,1-2H3. The van der Waals surface area contributed by atoms with Crippen LogP contribution in [0.1, 0.15) is 31.3 Å². The zero-order valence-corrected chi connectivity index (χ0v) is 12.2. The van der Waals surface area contributed by atoms with Crippen LogP contribution in [0.25, 0.3) is 11.0 Å². The van der Waals surface area contributed by atoms with Crippen LogP contribution in [0.4, 0.5) is 0 Å². The lowest BCUT2D eigenvalue weighted by molar-refractivity contribution is 0.174. The van der Waals surface area contributed by atoms with Crippen molar-refractivity contribution < 1.29 is 9.52 Å². The number of aliphatic hydroxyl groups excluding tert-OH is 1. The minimum Gasteiger partial charge on any atom is -0.464 e. The van der Waals surface area contributed by atoms with Crippen molar-refractivity contribution in [1.82, 2.24) is 14.8 Å². The predicted molar refractivity (Wildman–Crippen MR) is 79.7 cm³/mol. The second-order valence-corrected chi connectivity index (χ2v) is 5.66. The minimum absolute atomic E-state index is 0.427. The van der Waals surface area contributed by atoms with Crippen molar-refractivity contribution in [2.24, 2.45) is 5.92 Å². The summed E-state index contributed by atoms with van der Waals surface area (Å²) in [5.41, 5.74) is 1.58. The largest absolute Gasteiger partial charge is 0.464 e. The van der Waals surface area contributed by atoms with Crippen molar-refractivity contribution in [3.05, 3.63) is 48.2 Å². The van der Waals surface area contributed by atoms with Gasteiger partial charge in [0.2, 0.25) is 0 Å². The third-order valence-electron chi connectivity index (χ3n) is 3.48. The van der Waals surface area contributed by atoms with Gasteiger partial charge in [-0.2, -0.15) is 5.10 Å². The highest BCUT2D eigenvalue weighted by Gasteiger charge is 2.18. The summed E-state index contributed by atoms with van der Waals surface area (Å²) in [5, 5.41) is 15.7. The van der Waals surface area contributed by atoms with Crippen molar-refractivity contribution in [3.63, 3.8) is 0 Å². The fourth-order valence-electron chi connectivity index (χ4n) is 2.48. The van der Waals surface area contributed by atoms with Crippen LogP contribution in [-0.4, -0.2) is 19.9 Å². The van der Waals surface area contributed by atoms with Gasteiger partial charge in [0.15, 0.2) is 0 Å². The summed E-state index contributed by atoms with van der Waals surface area (Å²) in [6, 6.07) is 7.71. The van der Waals surface area contributed by atoms with Crippen LogP contribution in [-0.2, 0) is 13.0 Å². The van der Waals surface area contributed by atoms with E-state index in [4.69, 9.17) is 4.42 Å². The first-order valence-electron chi connectivity index (χ1n) is 7.16. The molecule has 2 aromatic heterocycles. The Labute approximate surface area is 123 Å². The number of hydrogen-bond donors (Lipinski definition) is 1. The van der Waals surface area contributed by atoms with E-state index in [1.807, 2.05) is 28.9 Å². The van der Waals surface area contributed by atoms with Gasteiger partial charge in [0, 0.05) is 23.9 Å². The first-order valence-corrected chi connectivity index (χ1v) is 7.16. The highest BCUT2D eigenvalue weighted by atomic mass is 16.3. The molecule has 0 aliphatic heterocycles. The lowest BCUT2D eigenvalue weighted by Crippen LogP contribution is -2.13. The van der Waals surface area contributed by atoms with Gasteiger partial charge in [-0.05, 0) is 12.0 Å². The maximum absolute atomic E-state index is 10.5. The molecule has 0 saturated carbocycles. The van der Waals surface area contributed by atoms with Crippen molar-refractivity contribution in [2.75, 3.05) is 0 Å². The molecule has 3 aromatic rings. The quantitative estimate of drug-likeness (QED) is 0.782. The van der Waals surface area contributed by atoms with Gasteiger partial charge >= 0.3 is 0 Å². The molecule has 0 bridgehead atoms. The van der Waals surface area contributed by atoms with Crippen molar-refractivity contribution in [3.8, 4) is 0 Å². The molecule has 3 rings (SSSR count). The third-order valence-corrected chi connectivity index (χ3v) is 3.48. The molecule has 5 nitrogen and oxygen atoms in total. The smallest absolute Gasteiger partial charge is 0.138 e. The molecular weight excluding hydrogens is 266 g/mol. The fraction of sp³-hybridized carbons (Fsp3) is 0.375. The van der Waals surface area contributed by atoms with Crippen LogP contribution in [0.3, 0.4) is 0 Å². The Balaban J connectivity index is 1.83. The van der Waals surface area contributed by atoms with E-state index < -0.39 is 6.10 Å². The summed E-state index contributed by atoms with van der Waals surface area (Å²) >= 11 is 0. The molecule has 1 unspecified atom stereocenters. The van der Waals surface area contributed by atoms with Crippen molar-refractivity contribution >= 4 is 11.0 Å². The summed E-state index contributed by atoms with van der Waals surface area (Å²) < 4.78 is 7.34. The maximum Gasteiger partial charge on any atom is 0.138 e. The average Bonchev–Trinajstić information content (AvgIpc) is 3.05. The maximum atomic E-state index is 10.5. The zero-order chi connectivity index (χ0) is 14.8. The fourth-order valence-corrected chi connectivity index (χ4v) is 2.48. The van der Waals surface area contributed by atoms with Crippen molar-refractivity contribution in [1.29, 1.82) is 0 Å². The second-order valence-electron chi connectivity index (χ2n) is 5.66. The van der Waals surface area contributed by atoms with E-state index in [0.29, 0.717) is 12.3 Å². The first kappa shape index (κ1) is 13.8. The zero-order valence-electron chi connectivity index (χ0n) is 12.2. The van der Waals surface area contributed by atoms with Gasteiger partial charge in [-0.1, -0.05) is 32.0 Å². The van der Waals surface area contributed by atoms with Gasteiger partial charge in [0.05, 0.1) is 12.4 Å². The van der Waals surface area contributed by atoms with E-state index in [0.717, 1.165) is 28.9 Å². The van der Waals surface area contributed by atoms with E-state index >= 15 is 0 Å². The summed E-state index contributed by atoms with van der Waals surface area (Å²) in [7, 11) is 0. The first-order chi connectivity index (χ1) is 10.1. The van der Waals surface area contributed by atoms with Crippen LogP contribution in [0.15, 0.2) is 41.3 Å². The molecule has 0 amide bonds. The number of fused-ring (bicyclic) bond motifs is 1. The Morgan fingerprint density at radius 2 is 2.10 bits per heavy atom. The highest BCUT2D eigenvalue weighted by Crippen LogP contribution is 2.28. The number of rotatable bonds is 5. The third kappa shape index (κ3) is 2.83. The van der Waals surface area contributed by atoms with Crippen molar-refractivity contribution in [2.45, 2.75) is 32.9 Å². The van der Waals surface area contributed by atoms with E-state index in [2.05, 4.69) is 23.9 Å². The molecule has 5 heteroatoms. The number of aliphatic hydroxyl groups is 1. The number of hydrogen-bond acceptors (Lipinski definition) is 4. The van der Waals surface area contributed by atoms with E-state index in [1.54, 1.807) is 6.26 Å². The van der Waals surface area contributed by atoms with Gasteiger partial charge in [0.1, 0.15) is 17.7 Å². The van der Waals surface area contributed by atoms with E-state index in [9.17, 15) is 5.11 Å². The van der Waals surface area contributed by atoms with Crippen LogP contribution >= 0.6 is 0 Å². The number of nitrogens with zero attached hydrogens (tertiary/aromatic N) is 3. The monoisotopic (exact) mass is 285 g/mol. The number of aromatic nitrogens is 3. The summed E-state index contributed by atoms with van der Waals surface area (Å²) in [4.78, 5) is 4.26. The lowest BCUT2D eigenvalue weighted by atomic mass is 10.1. The van der Waals surface area contributed by atoms with E-state index in [-0.39, 0.29) is 0 Å². The molecule has 0 saturated heterocycles. The number of benzene rings is 1. The molecule has 1 atom stereocenters.